The van der Waals surface area contributed by atoms with Crippen LogP contribution in [0.5, 0.6) is 5.75 Å². The van der Waals surface area contributed by atoms with E-state index in [1.807, 2.05) is 0 Å². The predicted molar refractivity (Wildman–Crippen MR) is 65.3 cm³/mol. The van der Waals surface area contributed by atoms with Crippen molar-refractivity contribution in [1.29, 1.82) is 0 Å². The molecule has 18 heavy (non-hydrogen) atoms. The van der Waals surface area contributed by atoms with Crippen LogP contribution in [0.2, 0.25) is 0 Å². The molecular formula is C13H16FNO3. The van der Waals surface area contributed by atoms with E-state index in [0.29, 0.717) is 25.3 Å². The van der Waals surface area contributed by atoms with Gasteiger partial charge in [0.1, 0.15) is 0 Å². The number of benzene rings is 1. The second-order valence-corrected chi connectivity index (χ2v) is 4.40. The molecule has 0 saturated heterocycles. The summed E-state index contributed by atoms with van der Waals surface area (Å²) in [6, 6.07) is 4.66. The lowest BCUT2D eigenvalue weighted by atomic mass is 10.2. The lowest BCUT2D eigenvalue weighted by molar-refractivity contribution is -0.138. The summed E-state index contributed by atoms with van der Waals surface area (Å²) < 4.78 is 18.6. The maximum absolute atomic E-state index is 13.5. The van der Waals surface area contributed by atoms with Crippen LogP contribution in [0, 0.1) is 17.7 Å². The lowest BCUT2D eigenvalue weighted by Crippen LogP contribution is -2.08. The van der Waals surface area contributed by atoms with E-state index >= 15 is 0 Å². The van der Waals surface area contributed by atoms with Gasteiger partial charge in [0.25, 0.3) is 0 Å². The summed E-state index contributed by atoms with van der Waals surface area (Å²) in [5.74, 6) is -1.02. The first-order chi connectivity index (χ1) is 8.61. The highest BCUT2D eigenvalue weighted by Gasteiger charge is 2.42. The molecule has 0 aromatic heterocycles. The Labute approximate surface area is 105 Å². The quantitative estimate of drug-likeness (QED) is 0.817. The zero-order chi connectivity index (χ0) is 13.1. The second kappa shape index (κ2) is 5.25. The number of halogens is 1. The molecule has 0 radical (unpaired) electrons. The van der Waals surface area contributed by atoms with Gasteiger partial charge in [0.15, 0.2) is 11.6 Å². The zero-order valence-corrected chi connectivity index (χ0v) is 10.1. The van der Waals surface area contributed by atoms with E-state index in [2.05, 4.69) is 5.32 Å². The third-order valence-electron chi connectivity index (χ3n) is 3.04. The van der Waals surface area contributed by atoms with Crippen LogP contribution in [0.15, 0.2) is 18.2 Å². The molecule has 4 nitrogen and oxygen atoms in total. The van der Waals surface area contributed by atoms with Crippen LogP contribution in [0.1, 0.15) is 13.3 Å². The Morgan fingerprint density at radius 3 is 2.94 bits per heavy atom. The summed E-state index contributed by atoms with van der Waals surface area (Å²) in [6.07, 6.45) is 0.696. The molecule has 1 aliphatic rings. The van der Waals surface area contributed by atoms with Crippen molar-refractivity contribution in [2.75, 3.05) is 18.5 Å². The fourth-order valence-corrected chi connectivity index (χ4v) is 1.91. The number of hydrogen-bond donors (Lipinski definition) is 2. The normalized spacial score (nSPS) is 21.4. The Bertz CT molecular complexity index is 450. The van der Waals surface area contributed by atoms with Gasteiger partial charge < -0.3 is 15.2 Å². The fraction of sp³-hybridized carbons (Fsp3) is 0.462. The molecule has 0 bridgehead atoms. The molecule has 0 spiro atoms. The Kier molecular flexibility index (Phi) is 3.69. The third-order valence-corrected chi connectivity index (χ3v) is 3.04. The minimum absolute atomic E-state index is 0.150. The number of nitrogens with one attached hydrogen (secondary N) is 1. The van der Waals surface area contributed by atoms with Crippen LogP contribution in [0.3, 0.4) is 0 Å². The highest BCUT2D eigenvalue weighted by molar-refractivity contribution is 5.73. The Morgan fingerprint density at radius 1 is 1.61 bits per heavy atom. The molecule has 1 aromatic rings. The van der Waals surface area contributed by atoms with Gasteiger partial charge in [-0.05, 0) is 31.4 Å². The number of carbonyl (C=O) groups is 1. The van der Waals surface area contributed by atoms with Gasteiger partial charge in [-0.2, -0.15) is 0 Å². The van der Waals surface area contributed by atoms with Crippen molar-refractivity contribution >= 4 is 11.7 Å². The summed E-state index contributed by atoms with van der Waals surface area (Å²) in [6.45, 7) is 2.78. The van der Waals surface area contributed by atoms with Gasteiger partial charge in [0.05, 0.1) is 12.5 Å². The van der Waals surface area contributed by atoms with Crippen molar-refractivity contribution in [3.63, 3.8) is 0 Å². The topological polar surface area (TPSA) is 58.6 Å². The molecule has 1 saturated carbocycles. The first-order valence-corrected chi connectivity index (χ1v) is 6.00. The van der Waals surface area contributed by atoms with Crippen LogP contribution in [-0.4, -0.2) is 24.2 Å². The van der Waals surface area contributed by atoms with Crippen LogP contribution in [-0.2, 0) is 4.79 Å². The fourth-order valence-electron chi connectivity index (χ4n) is 1.91. The molecule has 0 aliphatic heterocycles. The van der Waals surface area contributed by atoms with Crippen molar-refractivity contribution < 1.29 is 19.0 Å². The molecule has 2 atom stereocenters. The molecule has 2 N–H and O–H groups in total. The van der Waals surface area contributed by atoms with Gasteiger partial charge in [-0.3, -0.25) is 4.79 Å². The molecule has 1 aromatic carbocycles. The van der Waals surface area contributed by atoms with Crippen molar-refractivity contribution in [1.82, 2.24) is 0 Å². The van der Waals surface area contributed by atoms with Crippen molar-refractivity contribution in [3.05, 3.63) is 24.0 Å². The number of hydrogen-bond acceptors (Lipinski definition) is 3. The second-order valence-electron chi connectivity index (χ2n) is 4.40. The molecule has 1 aliphatic carbocycles. The summed E-state index contributed by atoms with van der Waals surface area (Å²) in [5.41, 5.74) is 0.645. The minimum atomic E-state index is -0.750. The van der Waals surface area contributed by atoms with E-state index in [9.17, 15) is 9.18 Å². The summed E-state index contributed by atoms with van der Waals surface area (Å²) in [5, 5.41) is 11.8. The van der Waals surface area contributed by atoms with Gasteiger partial charge in [0, 0.05) is 18.3 Å². The minimum Gasteiger partial charge on any atom is -0.491 e. The number of ether oxygens (including phenoxy) is 1. The van der Waals surface area contributed by atoms with Crippen LogP contribution >= 0.6 is 0 Å². The summed E-state index contributed by atoms with van der Waals surface area (Å²) >= 11 is 0. The van der Waals surface area contributed by atoms with Crippen LogP contribution in [0.4, 0.5) is 10.1 Å². The van der Waals surface area contributed by atoms with Crippen molar-refractivity contribution in [3.8, 4) is 5.75 Å². The van der Waals surface area contributed by atoms with E-state index in [4.69, 9.17) is 9.84 Å². The van der Waals surface area contributed by atoms with Crippen molar-refractivity contribution in [2.45, 2.75) is 13.3 Å². The SMILES string of the molecule is CCOc1ccc(NCC2CC2C(=O)O)cc1F. The number of carboxylic acid groups (broad SMARTS) is 1. The predicted octanol–water partition coefficient (Wildman–Crippen LogP) is 2.36. The summed E-state index contributed by atoms with van der Waals surface area (Å²) in [4.78, 5) is 10.6. The molecule has 0 amide bonds. The molecule has 2 rings (SSSR count). The monoisotopic (exact) mass is 253 g/mol. The molecule has 2 unspecified atom stereocenters. The molecule has 98 valence electrons. The Balaban J connectivity index is 1.87. The average Bonchev–Trinajstić information content (AvgIpc) is 3.09. The number of rotatable bonds is 6. The number of aliphatic carboxylic acids is 1. The highest BCUT2D eigenvalue weighted by atomic mass is 19.1. The van der Waals surface area contributed by atoms with E-state index in [0.717, 1.165) is 0 Å². The Hall–Kier alpha value is -1.78. The Morgan fingerprint density at radius 2 is 2.39 bits per heavy atom. The first kappa shape index (κ1) is 12.7. The van der Waals surface area contributed by atoms with Gasteiger partial charge in [0.2, 0.25) is 0 Å². The molecule has 5 heteroatoms. The first-order valence-electron chi connectivity index (χ1n) is 6.00. The maximum atomic E-state index is 13.5. The lowest BCUT2D eigenvalue weighted by Gasteiger charge is -2.08. The van der Waals surface area contributed by atoms with E-state index in [-0.39, 0.29) is 17.6 Å². The van der Waals surface area contributed by atoms with E-state index in [1.54, 1.807) is 19.1 Å². The largest absolute Gasteiger partial charge is 0.491 e. The number of carboxylic acids is 1. The third kappa shape index (κ3) is 2.91. The van der Waals surface area contributed by atoms with Gasteiger partial charge in [-0.15, -0.1) is 0 Å². The van der Waals surface area contributed by atoms with Crippen LogP contribution in [0.25, 0.3) is 0 Å². The summed E-state index contributed by atoms with van der Waals surface area (Å²) in [7, 11) is 0. The van der Waals surface area contributed by atoms with Crippen molar-refractivity contribution in [2.24, 2.45) is 11.8 Å². The molecule has 0 heterocycles. The van der Waals surface area contributed by atoms with E-state index in [1.165, 1.54) is 6.07 Å². The van der Waals surface area contributed by atoms with Gasteiger partial charge in [-0.25, -0.2) is 4.39 Å². The van der Waals surface area contributed by atoms with Gasteiger partial charge in [-0.1, -0.05) is 0 Å². The standard InChI is InChI=1S/C13H16FNO3/c1-2-18-12-4-3-9(6-11(12)14)15-7-8-5-10(8)13(16)17/h3-4,6,8,10,15H,2,5,7H2,1H3,(H,16,17). The zero-order valence-electron chi connectivity index (χ0n) is 10.1. The highest BCUT2D eigenvalue weighted by Crippen LogP contribution is 2.38. The molecular weight excluding hydrogens is 237 g/mol. The van der Waals surface area contributed by atoms with Crippen LogP contribution < -0.4 is 10.1 Å². The average molecular weight is 253 g/mol. The molecule has 1 fully saturated rings. The van der Waals surface area contributed by atoms with Gasteiger partial charge >= 0.3 is 5.97 Å². The smallest absolute Gasteiger partial charge is 0.306 e. The maximum Gasteiger partial charge on any atom is 0.306 e. The number of anilines is 1. The van der Waals surface area contributed by atoms with E-state index < -0.39 is 11.8 Å².